The molecule has 2 N–H and O–H groups in total. The van der Waals surface area contributed by atoms with Crippen LogP contribution in [0.5, 0.6) is 0 Å². The van der Waals surface area contributed by atoms with Crippen LogP contribution in [0, 0.1) is 11.6 Å². The van der Waals surface area contributed by atoms with E-state index in [0.29, 0.717) is 5.56 Å². The maximum Gasteiger partial charge on any atom is 0.126 e. The first-order valence-electron chi connectivity index (χ1n) is 5.83. The molecule has 1 aromatic heterocycles. The van der Waals surface area contributed by atoms with E-state index in [2.05, 4.69) is 0 Å². The summed E-state index contributed by atoms with van der Waals surface area (Å²) < 4.78 is 27.6. The van der Waals surface area contributed by atoms with Crippen molar-refractivity contribution < 1.29 is 8.78 Å². The lowest BCUT2D eigenvalue weighted by molar-refractivity contribution is 0.577. The second kappa shape index (κ2) is 4.72. The highest BCUT2D eigenvalue weighted by atomic mass is 32.1. The molecule has 1 heterocycles. The molecule has 0 bridgehead atoms. The van der Waals surface area contributed by atoms with Gasteiger partial charge in [0.05, 0.1) is 6.04 Å². The lowest BCUT2D eigenvalue weighted by Gasteiger charge is -2.14. The van der Waals surface area contributed by atoms with Crippen LogP contribution in [0.25, 0.3) is 10.1 Å². The minimum Gasteiger partial charge on any atom is -0.320 e. The first kappa shape index (κ1) is 12.3. The van der Waals surface area contributed by atoms with Gasteiger partial charge in [-0.1, -0.05) is 18.2 Å². The van der Waals surface area contributed by atoms with E-state index in [9.17, 15) is 8.78 Å². The SMILES string of the molecule is NC(c1cc(F)cc(F)c1)c1cccc2ccsc12. The van der Waals surface area contributed by atoms with E-state index in [0.717, 1.165) is 21.7 Å². The van der Waals surface area contributed by atoms with Gasteiger partial charge in [0, 0.05) is 10.8 Å². The van der Waals surface area contributed by atoms with Gasteiger partial charge in [-0.05, 0) is 40.1 Å². The predicted molar refractivity (Wildman–Crippen MR) is 74.2 cm³/mol. The molecule has 96 valence electrons. The van der Waals surface area contributed by atoms with Crippen molar-refractivity contribution in [2.45, 2.75) is 6.04 Å². The highest BCUT2D eigenvalue weighted by Gasteiger charge is 2.14. The van der Waals surface area contributed by atoms with E-state index in [4.69, 9.17) is 5.73 Å². The second-order valence-electron chi connectivity index (χ2n) is 4.37. The van der Waals surface area contributed by atoms with Crippen LogP contribution in [0.4, 0.5) is 8.78 Å². The standard InChI is InChI=1S/C15H11F2NS/c16-11-6-10(7-12(17)8-11)14(18)13-3-1-2-9-4-5-19-15(9)13/h1-8,14H,18H2. The van der Waals surface area contributed by atoms with Crippen molar-refractivity contribution in [1.29, 1.82) is 0 Å². The van der Waals surface area contributed by atoms with Crippen molar-refractivity contribution in [3.8, 4) is 0 Å². The number of benzene rings is 2. The number of fused-ring (bicyclic) bond motifs is 1. The highest BCUT2D eigenvalue weighted by molar-refractivity contribution is 7.17. The summed E-state index contributed by atoms with van der Waals surface area (Å²) in [6.07, 6.45) is 0. The summed E-state index contributed by atoms with van der Waals surface area (Å²) in [4.78, 5) is 0. The second-order valence-corrected chi connectivity index (χ2v) is 5.28. The maximum absolute atomic E-state index is 13.3. The Morgan fingerprint density at radius 2 is 1.74 bits per heavy atom. The van der Waals surface area contributed by atoms with Gasteiger partial charge in [-0.2, -0.15) is 0 Å². The fourth-order valence-electron chi connectivity index (χ4n) is 2.20. The molecule has 0 aliphatic carbocycles. The zero-order valence-electron chi connectivity index (χ0n) is 9.94. The van der Waals surface area contributed by atoms with Gasteiger partial charge in [-0.15, -0.1) is 11.3 Å². The first-order chi connectivity index (χ1) is 9.15. The Labute approximate surface area is 113 Å². The summed E-state index contributed by atoms with van der Waals surface area (Å²) in [6.45, 7) is 0. The van der Waals surface area contributed by atoms with E-state index in [-0.39, 0.29) is 0 Å². The molecule has 0 spiro atoms. The largest absolute Gasteiger partial charge is 0.320 e. The molecule has 0 aliphatic heterocycles. The van der Waals surface area contributed by atoms with Crippen LogP contribution in [0.3, 0.4) is 0 Å². The van der Waals surface area contributed by atoms with Crippen molar-refractivity contribution in [3.05, 3.63) is 70.6 Å². The van der Waals surface area contributed by atoms with Crippen molar-refractivity contribution in [2.75, 3.05) is 0 Å². The van der Waals surface area contributed by atoms with Crippen molar-refractivity contribution in [1.82, 2.24) is 0 Å². The van der Waals surface area contributed by atoms with Gasteiger partial charge in [0.15, 0.2) is 0 Å². The van der Waals surface area contributed by atoms with E-state index < -0.39 is 17.7 Å². The molecular weight excluding hydrogens is 264 g/mol. The molecular formula is C15H11F2NS. The molecule has 0 saturated heterocycles. The minimum atomic E-state index is -0.608. The van der Waals surface area contributed by atoms with Crippen LogP contribution in [-0.4, -0.2) is 0 Å². The number of hydrogen-bond donors (Lipinski definition) is 1. The molecule has 4 heteroatoms. The normalized spacial score (nSPS) is 12.8. The third-order valence-corrected chi connectivity index (χ3v) is 4.07. The summed E-state index contributed by atoms with van der Waals surface area (Å²) >= 11 is 1.58. The Morgan fingerprint density at radius 3 is 2.47 bits per heavy atom. The third-order valence-electron chi connectivity index (χ3n) is 3.09. The molecule has 3 rings (SSSR count). The van der Waals surface area contributed by atoms with Gasteiger partial charge in [-0.25, -0.2) is 8.78 Å². The summed E-state index contributed by atoms with van der Waals surface area (Å²) in [6, 6.07) is 10.7. The molecule has 1 nitrogen and oxygen atoms in total. The molecule has 0 amide bonds. The van der Waals surface area contributed by atoms with Gasteiger partial charge in [0.1, 0.15) is 11.6 Å². The number of hydrogen-bond acceptors (Lipinski definition) is 2. The number of thiophene rings is 1. The zero-order chi connectivity index (χ0) is 13.4. The molecule has 19 heavy (non-hydrogen) atoms. The van der Waals surface area contributed by atoms with E-state index in [1.165, 1.54) is 12.1 Å². The molecule has 0 radical (unpaired) electrons. The molecule has 0 saturated carbocycles. The van der Waals surface area contributed by atoms with E-state index >= 15 is 0 Å². The molecule has 0 aliphatic rings. The van der Waals surface area contributed by atoms with Crippen LogP contribution in [0.15, 0.2) is 47.8 Å². The van der Waals surface area contributed by atoms with Gasteiger partial charge >= 0.3 is 0 Å². The highest BCUT2D eigenvalue weighted by Crippen LogP contribution is 2.31. The van der Waals surface area contributed by atoms with Crippen LogP contribution in [0.2, 0.25) is 0 Å². The third kappa shape index (κ3) is 2.25. The summed E-state index contributed by atoms with van der Waals surface area (Å²) in [7, 11) is 0. The van der Waals surface area contributed by atoms with Crippen LogP contribution in [0.1, 0.15) is 17.2 Å². The zero-order valence-corrected chi connectivity index (χ0v) is 10.8. The van der Waals surface area contributed by atoms with Crippen molar-refractivity contribution in [2.24, 2.45) is 5.73 Å². The summed E-state index contributed by atoms with van der Waals surface area (Å²) in [5.41, 5.74) is 7.48. The Bertz CT molecular complexity index is 716. The van der Waals surface area contributed by atoms with Gasteiger partial charge in [0.25, 0.3) is 0 Å². The van der Waals surface area contributed by atoms with Crippen molar-refractivity contribution >= 4 is 21.4 Å². The monoisotopic (exact) mass is 275 g/mol. The Kier molecular flexibility index (Phi) is 3.05. The van der Waals surface area contributed by atoms with E-state index in [1.807, 2.05) is 29.6 Å². The van der Waals surface area contributed by atoms with E-state index in [1.54, 1.807) is 11.3 Å². The smallest absolute Gasteiger partial charge is 0.126 e. The summed E-state index contributed by atoms with van der Waals surface area (Å²) in [5.74, 6) is -1.22. The number of halogens is 2. The molecule has 2 aromatic carbocycles. The van der Waals surface area contributed by atoms with Gasteiger partial charge in [0.2, 0.25) is 0 Å². The maximum atomic E-state index is 13.3. The van der Waals surface area contributed by atoms with Crippen molar-refractivity contribution in [3.63, 3.8) is 0 Å². The van der Waals surface area contributed by atoms with Gasteiger partial charge < -0.3 is 5.73 Å². The Morgan fingerprint density at radius 1 is 1.00 bits per heavy atom. The fraction of sp³-hybridized carbons (Fsp3) is 0.0667. The summed E-state index contributed by atoms with van der Waals surface area (Å²) in [5, 5.41) is 3.07. The van der Waals surface area contributed by atoms with Gasteiger partial charge in [-0.3, -0.25) is 0 Å². The molecule has 1 atom stereocenters. The quantitative estimate of drug-likeness (QED) is 0.744. The fourth-order valence-corrected chi connectivity index (χ4v) is 3.15. The lowest BCUT2D eigenvalue weighted by atomic mass is 9.98. The van der Waals surface area contributed by atoms with Crippen LogP contribution < -0.4 is 5.73 Å². The Balaban J connectivity index is 2.13. The predicted octanol–water partition coefficient (Wildman–Crippen LogP) is 4.23. The average molecular weight is 275 g/mol. The first-order valence-corrected chi connectivity index (χ1v) is 6.71. The topological polar surface area (TPSA) is 26.0 Å². The lowest BCUT2D eigenvalue weighted by Crippen LogP contribution is -2.12. The van der Waals surface area contributed by atoms with Crippen LogP contribution in [-0.2, 0) is 0 Å². The molecule has 0 fully saturated rings. The average Bonchev–Trinajstić information content (AvgIpc) is 2.84. The minimum absolute atomic E-state index is 0.443. The molecule has 1 unspecified atom stereocenters. The number of nitrogens with two attached hydrogens (primary N) is 1. The Hall–Kier alpha value is -1.78. The van der Waals surface area contributed by atoms with Crippen LogP contribution >= 0.6 is 11.3 Å². The molecule has 3 aromatic rings. The number of rotatable bonds is 2.